The average molecular weight is 211 g/mol. The van der Waals surface area contributed by atoms with Crippen LogP contribution in [-0.2, 0) is 9.59 Å². The van der Waals surface area contributed by atoms with Crippen molar-refractivity contribution in [3.8, 4) is 0 Å². The lowest BCUT2D eigenvalue weighted by atomic mass is 9.89. The molecular weight excluding hydrogens is 198 g/mol. The van der Waals surface area contributed by atoms with E-state index in [0.29, 0.717) is 6.42 Å². The van der Waals surface area contributed by atoms with Crippen LogP contribution in [0.2, 0.25) is 0 Å². The predicted octanol–water partition coefficient (Wildman–Crippen LogP) is 0.223. The minimum atomic E-state index is -1.08. The lowest BCUT2D eigenvalue weighted by molar-refractivity contribution is -0.149. The monoisotopic (exact) mass is 211 g/mol. The van der Waals surface area contributed by atoms with Crippen molar-refractivity contribution in [1.82, 2.24) is 5.32 Å². The van der Waals surface area contributed by atoms with Gasteiger partial charge in [0.15, 0.2) is 0 Å². The first kappa shape index (κ1) is 10.2. The largest absolute Gasteiger partial charge is 0.481 e. The molecule has 1 fully saturated rings. The van der Waals surface area contributed by atoms with Crippen molar-refractivity contribution in [2.24, 2.45) is 5.92 Å². The fourth-order valence-electron chi connectivity index (χ4n) is 2.48. The number of hydrogen-bond donors (Lipinski definition) is 3. The summed E-state index contributed by atoms with van der Waals surface area (Å²) in [6.45, 7) is 0. The molecule has 0 bridgehead atoms. The molecule has 0 amide bonds. The number of carboxylic acid groups (broad SMARTS) is 2. The van der Waals surface area contributed by atoms with Gasteiger partial charge in [-0.05, 0) is 19.3 Å². The summed E-state index contributed by atoms with van der Waals surface area (Å²) in [5.41, 5.74) is -0.327. The third-order valence-electron chi connectivity index (χ3n) is 3.24. The number of carbonyl (C=O) groups is 2. The molecule has 5 nitrogen and oxygen atoms in total. The fraction of sp³-hybridized carbons (Fsp3) is 0.600. The van der Waals surface area contributed by atoms with Crippen LogP contribution in [-0.4, -0.2) is 33.7 Å². The summed E-state index contributed by atoms with van der Waals surface area (Å²) in [7, 11) is 0. The Morgan fingerprint density at radius 2 is 1.80 bits per heavy atom. The van der Waals surface area contributed by atoms with Gasteiger partial charge in [-0.15, -0.1) is 0 Å². The quantitative estimate of drug-likeness (QED) is 0.569. The molecule has 2 atom stereocenters. The molecule has 1 aliphatic carbocycles. The summed E-state index contributed by atoms with van der Waals surface area (Å²) in [5, 5.41) is 20.8. The van der Waals surface area contributed by atoms with E-state index in [1.54, 1.807) is 0 Å². The van der Waals surface area contributed by atoms with E-state index in [0.717, 1.165) is 12.8 Å². The van der Waals surface area contributed by atoms with Crippen LogP contribution in [0, 0.1) is 5.92 Å². The van der Waals surface area contributed by atoms with Crippen molar-refractivity contribution in [2.45, 2.75) is 30.8 Å². The van der Waals surface area contributed by atoms with Crippen LogP contribution in [0.25, 0.3) is 0 Å². The van der Waals surface area contributed by atoms with E-state index in [2.05, 4.69) is 5.32 Å². The maximum atomic E-state index is 10.9. The fourth-order valence-corrected chi connectivity index (χ4v) is 2.48. The molecule has 0 aromatic rings. The highest BCUT2D eigenvalue weighted by Crippen LogP contribution is 2.38. The highest BCUT2D eigenvalue weighted by Gasteiger charge is 2.50. The summed E-state index contributed by atoms with van der Waals surface area (Å²) in [4.78, 5) is 21.8. The molecule has 0 aromatic carbocycles. The Labute approximate surface area is 86.8 Å². The van der Waals surface area contributed by atoms with E-state index in [9.17, 15) is 9.59 Å². The van der Waals surface area contributed by atoms with Gasteiger partial charge in [-0.2, -0.15) is 0 Å². The molecule has 3 N–H and O–H groups in total. The first-order chi connectivity index (χ1) is 7.04. The number of rotatable bonds is 2. The van der Waals surface area contributed by atoms with Crippen LogP contribution < -0.4 is 5.32 Å². The summed E-state index contributed by atoms with van der Waals surface area (Å²) in [6.07, 6.45) is 5.78. The van der Waals surface area contributed by atoms with Crippen LogP contribution in [0.3, 0.4) is 0 Å². The smallest absolute Gasteiger partial charge is 0.321 e. The lowest BCUT2D eigenvalue weighted by Crippen LogP contribution is -2.45. The Hall–Kier alpha value is -1.36. The zero-order valence-electron chi connectivity index (χ0n) is 8.14. The molecule has 1 aliphatic heterocycles. The molecule has 2 rings (SSSR count). The lowest BCUT2D eigenvalue weighted by Gasteiger charge is -2.23. The molecule has 2 unspecified atom stereocenters. The van der Waals surface area contributed by atoms with Crippen molar-refractivity contribution >= 4 is 11.9 Å². The van der Waals surface area contributed by atoms with Gasteiger partial charge in [-0.3, -0.25) is 14.9 Å². The van der Waals surface area contributed by atoms with E-state index >= 15 is 0 Å². The minimum Gasteiger partial charge on any atom is -0.481 e. The number of carboxylic acids is 2. The van der Waals surface area contributed by atoms with Crippen molar-refractivity contribution in [3.05, 3.63) is 12.2 Å². The minimum absolute atomic E-state index is 0.327. The van der Waals surface area contributed by atoms with Crippen LogP contribution >= 0.6 is 0 Å². The second-order valence-corrected chi connectivity index (χ2v) is 4.27. The summed E-state index contributed by atoms with van der Waals surface area (Å²) < 4.78 is 0. The molecule has 15 heavy (non-hydrogen) atoms. The van der Waals surface area contributed by atoms with Crippen LogP contribution in [0.4, 0.5) is 0 Å². The third kappa shape index (κ3) is 1.63. The van der Waals surface area contributed by atoms with Gasteiger partial charge in [0.05, 0.1) is 5.92 Å². The van der Waals surface area contributed by atoms with Gasteiger partial charge in [0, 0.05) is 5.54 Å². The summed E-state index contributed by atoms with van der Waals surface area (Å²) in [6, 6.07) is -0.956. The van der Waals surface area contributed by atoms with E-state index in [1.165, 1.54) is 0 Å². The molecule has 5 heteroatoms. The Morgan fingerprint density at radius 3 is 2.20 bits per heavy atom. The zero-order chi connectivity index (χ0) is 11.1. The Balaban J connectivity index is 2.19. The Morgan fingerprint density at radius 1 is 1.20 bits per heavy atom. The van der Waals surface area contributed by atoms with E-state index in [-0.39, 0.29) is 5.54 Å². The molecular formula is C10H13NO4. The molecule has 0 radical (unpaired) electrons. The van der Waals surface area contributed by atoms with Gasteiger partial charge in [0.25, 0.3) is 0 Å². The van der Waals surface area contributed by atoms with E-state index in [4.69, 9.17) is 10.2 Å². The number of aliphatic carboxylic acids is 2. The standard InChI is InChI=1S/C10H13NO4/c12-8(13)6-5-10(3-1-2-4-10)11-7(6)9(14)15/h1-2,6-7,11H,3-5H2,(H,12,13)(H,14,15). The van der Waals surface area contributed by atoms with Crippen LogP contribution in [0.15, 0.2) is 12.2 Å². The highest BCUT2D eigenvalue weighted by atomic mass is 16.4. The van der Waals surface area contributed by atoms with Gasteiger partial charge < -0.3 is 10.2 Å². The first-order valence-corrected chi connectivity index (χ1v) is 4.92. The topological polar surface area (TPSA) is 86.6 Å². The van der Waals surface area contributed by atoms with Gasteiger partial charge in [-0.25, -0.2) is 0 Å². The molecule has 82 valence electrons. The Bertz CT molecular complexity index is 304. The van der Waals surface area contributed by atoms with Crippen molar-refractivity contribution in [2.75, 3.05) is 0 Å². The SMILES string of the molecule is O=C(O)C1CC2(CC=CC2)NC1C(=O)O. The first-order valence-electron chi connectivity index (χ1n) is 4.92. The Kier molecular flexibility index (Phi) is 2.26. The van der Waals surface area contributed by atoms with Gasteiger partial charge >= 0.3 is 11.9 Å². The average Bonchev–Trinajstić information content (AvgIpc) is 2.74. The van der Waals surface area contributed by atoms with Crippen molar-refractivity contribution < 1.29 is 19.8 Å². The van der Waals surface area contributed by atoms with Gasteiger partial charge in [0.1, 0.15) is 6.04 Å². The molecule has 0 saturated carbocycles. The van der Waals surface area contributed by atoms with Crippen molar-refractivity contribution in [3.63, 3.8) is 0 Å². The predicted molar refractivity (Wildman–Crippen MR) is 51.4 cm³/mol. The zero-order valence-corrected chi connectivity index (χ0v) is 8.14. The summed E-state index contributed by atoms with van der Waals surface area (Å²) >= 11 is 0. The normalized spacial score (nSPS) is 32.3. The third-order valence-corrected chi connectivity index (χ3v) is 3.24. The summed E-state index contributed by atoms with van der Waals surface area (Å²) in [5.74, 6) is -2.92. The molecule has 1 spiro atoms. The maximum Gasteiger partial charge on any atom is 0.321 e. The molecule has 1 heterocycles. The van der Waals surface area contributed by atoms with E-state index < -0.39 is 23.9 Å². The van der Waals surface area contributed by atoms with Crippen LogP contribution in [0.5, 0.6) is 0 Å². The van der Waals surface area contributed by atoms with Crippen LogP contribution in [0.1, 0.15) is 19.3 Å². The highest BCUT2D eigenvalue weighted by molar-refractivity contribution is 5.83. The number of hydrogen-bond acceptors (Lipinski definition) is 3. The second kappa shape index (κ2) is 3.34. The molecule has 1 saturated heterocycles. The number of nitrogens with one attached hydrogen (secondary N) is 1. The van der Waals surface area contributed by atoms with Gasteiger partial charge in [0.2, 0.25) is 0 Å². The second-order valence-electron chi connectivity index (χ2n) is 4.27. The van der Waals surface area contributed by atoms with Crippen molar-refractivity contribution in [1.29, 1.82) is 0 Å². The molecule has 2 aliphatic rings. The van der Waals surface area contributed by atoms with Gasteiger partial charge in [-0.1, -0.05) is 12.2 Å². The van der Waals surface area contributed by atoms with E-state index in [1.807, 2.05) is 12.2 Å². The molecule has 0 aromatic heterocycles. The maximum absolute atomic E-state index is 10.9.